The van der Waals surface area contributed by atoms with E-state index in [1.54, 1.807) is 12.1 Å². The summed E-state index contributed by atoms with van der Waals surface area (Å²) in [5.74, 6) is -0.427. The Kier molecular flexibility index (Phi) is 4.36. The SMILES string of the molecule is Cl.Oc1cccc(C2CCNCC2)c1F. The van der Waals surface area contributed by atoms with Crippen LogP contribution in [0.5, 0.6) is 5.75 Å². The van der Waals surface area contributed by atoms with Gasteiger partial charge in [0.1, 0.15) is 0 Å². The number of hydrogen-bond acceptors (Lipinski definition) is 2. The number of rotatable bonds is 1. The Labute approximate surface area is 94.9 Å². The number of benzene rings is 1. The van der Waals surface area contributed by atoms with Gasteiger partial charge in [-0.25, -0.2) is 4.39 Å². The molecule has 1 aliphatic heterocycles. The highest BCUT2D eigenvalue weighted by Gasteiger charge is 2.19. The summed E-state index contributed by atoms with van der Waals surface area (Å²) in [4.78, 5) is 0. The smallest absolute Gasteiger partial charge is 0.168 e. The van der Waals surface area contributed by atoms with E-state index < -0.39 is 5.82 Å². The Morgan fingerprint density at radius 1 is 1.27 bits per heavy atom. The van der Waals surface area contributed by atoms with Crippen LogP contribution in [-0.2, 0) is 0 Å². The minimum Gasteiger partial charge on any atom is -0.505 e. The van der Waals surface area contributed by atoms with Gasteiger partial charge in [-0.2, -0.15) is 0 Å². The van der Waals surface area contributed by atoms with Gasteiger partial charge >= 0.3 is 0 Å². The molecular formula is C11H15ClFNO. The molecule has 0 saturated carbocycles. The molecule has 0 radical (unpaired) electrons. The third kappa shape index (κ3) is 2.61. The molecule has 0 amide bonds. The highest BCUT2D eigenvalue weighted by molar-refractivity contribution is 5.85. The second-order valence-corrected chi connectivity index (χ2v) is 3.70. The molecule has 2 N–H and O–H groups in total. The Balaban J connectivity index is 0.00000112. The Morgan fingerprint density at radius 3 is 2.60 bits per heavy atom. The average Bonchev–Trinajstić information content (AvgIpc) is 2.23. The molecule has 2 nitrogen and oxygen atoms in total. The minimum absolute atomic E-state index is 0. The Bertz CT molecular complexity index is 326. The molecule has 1 aromatic rings. The first-order chi connectivity index (χ1) is 6.79. The zero-order valence-electron chi connectivity index (χ0n) is 8.37. The van der Waals surface area contributed by atoms with Gasteiger partial charge in [0.15, 0.2) is 11.6 Å². The summed E-state index contributed by atoms with van der Waals surface area (Å²) in [6.07, 6.45) is 1.89. The minimum atomic E-state index is -0.445. The summed E-state index contributed by atoms with van der Waals surface area (Å²) in [5, 5.41) is 12.5. The first-order valence-electron chi connectivity index (χ1n) is 4.97. The van der Waals surface area contributed by atoms with E-state index in [1.165, 1.54) is 6.07 Å². The van der Waals surface area contributed by atoms with Gasteiger partial charge in [-0.05, 0) is 43.5 Å². The Hall–Kier alpha value is -0.800. The van der Waals surface area contributed by atoms with Crippen molar-refractivity contribution < 1.29 is 9.50 Å². The van der Waals surface area contributed by atoms with Crippen LogP contribution in [0.4, 0.5) is 4.39 Å². The first-order valence-corrected chi connectivity index (χ1v) is 4.97. The number of hydrogen-bond donors (Lipinski definition) is 2. The van der Waals surface area contributed by atoms with Crippen LogP contribution in [0.2, 0.25) is 0 Å². The molecule has 0 aromatic heterocycles. The predicted molar refractivity (Wildman–Crippen MR) is 60.2 cm³/mol. The van der Waals surface area contributed by atoms with Crippen LogP contribution < -0.4 is 5.32 Å². The number of halogens is 2. The summed E-state index contributed by atoms with van der Waals surface area (Å²) >= 11 is 0. The summed E-state index contributed by atoms with van der Waals surface area (Å²) in [6.45, 7) is 1.86. The summed E-state index contributed by atoms with van der Waals surface area (Å²) < 4.78 is 13.5. The number of phenolic OH excluding ortho intramolecular Hbond substituents is 1. The van der Waals surface area contributed by atoms with Crippen molar-refractivity contribution in [3.8, 4) is 5.75 Å². The number of piperidine rings is 1. The van der Waals surface area contributed by atoms with Gasteiger partial charge in [0, 0.05) is 0 Å². The standard InChI is InChI=1S/C11H14FNO.ClH/c12-11-9(2-1-3-10(11)14)8-4-6-13-7-5-8;/h1-3,8,13-14H,4-7H2;1H. The molecule has 1 heterocycles. The van der Waals surface area contributed by atoms with Crippen molar-refractivity contribution in [3.63, 3.8) is 0 Å². The predicted octanol–water partition coefficient (Wildman–Crippen LogP) is 2.42. The van der Waals surface area contributed by atoms with Gasteiger partial charge in [-0.15, -0.1) is 12.4 Å². The molecule has 2 rings (SSSR count). The number of nitrogens with one attached hydrogen (secondary N) is 1. The lowest BCUT2D eigenvalue weighted by atomic mass is 9.90. The summed E-state index contributed by atoms with van der Waals surface area (Å²) in [6, 6.07) is 4.86. The van der Waals surface area contributed by atoms with Crippen molar-refractivity contribution in [2.45, 2.75) is 18.8 Å². The van der Waals surface area contributed by atoms with Gasteiger partial charge in [0.2, 0.25) is 0 Å². The van der Waals surface area contributed by atoms with E-state index in [0.29, 0.717) is 5.56 Å². The van der Waals surface area contributed by atoms with Crippen LogP contribution in [-0.4, -0.2) is 18.2 Å². The lowest BCUT2D eigenvalue weighted by molar-refractivity contribution is 0.408. The average molecular weight is 232 g/mol. The van der Waals surface area contributed by atoms with Gasteiger partial charge in [-0.3, -0.25) is 0 Å². The highest BCUT2D eigenvalue weighted by atomic mass is 35.5. The van der Waals surface area contributed by atoms with E-state index >= 15 is 0 Å². The van der Waals surface area contributed by atoms with Crippen LogP contribution in [0.15, 0.2) is 18.2 Å². The zero-order chi connectivity index (χ0) is 9.97. The van der Waals surface area contributed by atoms with E-state index in [0.717, 1.165) is 25.9 Å². The highest BCUT2D eigenvalue weighted by Crippen LogP contribution is 2.30. The number of phenols is 1. The van der Waals surface area contributed by atoms with Gasteiger partial charge in [-0.1, -0.05) is 12.1 Å². The normalized spacial score (nSPS) is 17.1. The molecule has 1 saturated heterocycles. The van der Waals surface area contributed by atoms with E-state index in [9.17, 15) is 9.50 Å². The van der Waals surface area contributed by atoms with E-state index in [1.807, 2.05) is 0 Å². The number of aromatic hydroxyl groups is 1. The van der Waals surface area contributed by atoms with Crippen LogP contribution in [0.1, 0.15) is 24.3 Å². The fourth-order valence-electron chi connectivity index (χ4n) is 1.99. The van der Waals surface area contributed by atoms with E-state index in [-0.39, 0.29) is 24.1 Å². The van der Waals surface area contributed by atoms with Crippen molar-refractivity contribution in [1.29, 1.82) is 0 Å². The molecule has 1 aliphatic rings. The molecule has 0 aliphatic carbocycles. The van der Waals surface area contributed by atoms with Crippen molar-refractivity contribution in [2.24, 2.45) is 0 Å². The lowest BCUT2D eigenvalue weighted by Crippen LogP contribution is -2.27. The summed E-state index contributed by atoms with van der Waals surface area (Å²) in [5.41, 5.74) is 0.659. The quantitative estimate of drug-likeness (QED) is 0.778. The van der Waals surface area contributed by atoms with Crippen molar-refractivity contribution in [1.82, 2.24) is 5.32 Å². The van der Waals surface area contributed by atoms with Crippen molar-refractivity contribution in [2.75, 3.05) is 13.1 Å². The first kappa shape index (κ1) is 12.3. The van der Waals surface area contributed by atoms with Gasteiger partial charge in [0.25, 0.3) is 0 Å². The molecule has 15 heavy (non-hydrogen) atoms. The largest absolute Gasteiger partial charge is 0.505 e. The van der Waals surface area contributed by atoms with Crippen LogP contribution >= 0.6 is 12.4 Å². The maximum atomic E-state index is 13.5. The Morgan fingerprint density at radius 2 is 1.93 bits per heavy atom. The van der Waals surface area contributed by atoms with Crippen LogP contribution in [0.25, 0.3) is 0 Å². The molecule has 0 atom stereocenters. The van der Waals surface area contributed by atoms with Crippen LogP contribution in [0.3, 0.4) is 0 Å². The topological polar surface area (TPSA) is 32.3 Å². The third-order valence-corrected chi connectivity index (χ3v) is 2.79. The molecule has 0 unspecified atom stereocenters. The van der Waals surface area contributed by atoms with Crippen molar-refractivity contribution >= 4 is 12.4 Å². The molecule has 1 aromatic carbocycles. The molecule has 4 heteroatoms. The fraction of sp³-hybridized carbons (Fsp3) is 0.455. The van der Waals surface area contributed by atoms with E-state index in [4.69, 9.17) is 0 Å². The monoisotopic (exact) mass is 231 g/mol. The molecule has 0 bridgehead atoms. The fourth-order valence-corrected chi connectivity index (χ4v) is 1.99. The van der Waals surface area contributed by atoms with Crippen molar-refractivity contribution in [3.05, 3.63) is 29.6 Å². The second-order valence-electron chi connectivity index (χ2n) is 3.70. The third-order valence-electron chi connectivity index (χ3n) is 2.79. The second kappa shape index (κ2) is 5.33. The van der Waals surface area contributed by atoms with E-state index in [2.05, 4.69) is 5.32 Å². The maximum Gasteiger partial charge on any atom is 0.168 e. The zero-order valence-corrected chi connectivity index (χ0v) is 9.19. The van der Waals surface area contributed by atoms with Gasteiger partial charge < -0.3 is 10.4 Å². The molecule has 0 spiro atoms. The van der Waals surface area contributed by atoms with Gasteiger partial charge in [0.05, 0.1) is 0 Å². The molecule has 84 valence electrons. The maximum absolute atomic E-state index is 13.5. The molecular weight excluding hydrogens is 217 g/mol. The summed E-state index contributed by atoms with van der Waals surface area (Å²) in [7, 11) is 0. The lowest BCUT2D eigenvalue weighted by Gasteiger charge is -2.23. The molecule has 1 fully saturated rings. The van der Waals surface area contributed by atoms with Crippen LogP contribution in [0, 0.1) is 5.82 Å².